The second-order valence-electron chi connectivity index (χ2n) is 10.1. The van der Waals surface area contributed by atoms with Crippen LogP contribution in [-0.2, 0) is 16.1 Å². The van der Waals surface area contributed by atoms with Crippen molar-refractivity contribution in [3.8, 4) is 11.5 Å². The molecule has 0 spiro atoms. The summed E-state index contributed by atoms with van der Waals surface area (Å²) >= 11 is 1.61. The van der Waals surface area contributed by atoms with Gasteiger partial charge in [0.2, 0.25) is 18.6 Å². The molecule has 3 heterocycles. The van der Waals surface area contributed by atoms with E-state index in [1.807, 2.05) is 70.2 Å². The number of rotatable bonds is 7. The Morgan fingerprint density at radius 3 is 2.69 bits per heavy atom. The van der Waals surface area contributed by atoms with Crippen LogP contribution in [0.1, 0.15) is 61.0 Å². The highest BCUT2D eigenvalue weighted by molar-refractivity contribution is 8.01. The number of hydrogen-bond acceptors (Lipinski definition) is 6. The molecule has 0 bridgehead atoms. The predicted molar refractivity (Wildman–Crippen MR) is 137 cm³/mol. The Balaban J connectivity index is 1.31. The number of nitrogens with zero attached hydrogens (tertiary/aromatic N) is 1. The maximum absolute atomic E-state index is 13.7. The number of hydrogen-bond donors (Lipinski definition) is 2. The van der Waals surface area contributed by atoms with Crippen molar-refractivity contribution in [2.75, 3.05) is 6.79 Å². The van der Waals surface area contributed by atoms with Gasteiger partial charge in [-0.05, 0) is 49.1 Å². The average Bonchev–Trinajstić information content (AvgIpc) is 3.52. The van der Waals surface area contributed by atoms with E-state index in [-0.39, 0.29) is 35.8 Å². The maximum atomic E-state index is 13.7. The largest absolute Gasteiger partial charge is 0.454 e. The van der Waals surface area contributed by atoms with E-state index in [4.69, 9.17) is 9.47 Å². The zero-order valence-corrected chi connectivity index (χ0v) is 21.7. The zero-order valence-electron chi connectivity index (χ0n) is 20.9. The van der Waals surface area contributed by atoms with Crippen LogP contribution in [0.3, 0.4) is 0 Å². The van der Waals surface area contributed by atoms with Gasteiger partial charge in [-0.25, -0.2) is 0 Å². The van der Waals surface area contributed by atoms with E-state index in [2.05, 4.69) is 10.6 Å². The van der Waals surface area contributed by atoms with Gasteiger partial charge in [0.15, 0.2) is 11.5 Å². The highest BCUT2D eigenvalue weighted by atomic mass is 32.2. The summed E-state index contributed by atoms with van der Waals surface area (Å²) < 4.78 is 10.2. The second-order valence-corrected chi connectivity index (χ2v) is 11.8. The molecule has 0 aromatic heterocycles. The molecule has 0 aliphatic carbocycles. The first-order valence-corrected chi connectivity index (χ1v) is 13.1. The fourth-order valence-corrected chi connectivity index (χ4v) is 6.68. The number of amides is 3. The van der Waals surface area contributed by atoms with Gasteiger partial charge in [-0.1, -0.05) is 44.5 Å². The fourth-order valence-electron chi connectivity index (χ4n) is 5.09. The molecule has 9 heteroatoms. The summed E-state index contributed by atoms with van der Waals surface area (Å²) in [5, 5.41) is 5.75. The molecule has 4 atom stereocenters. The van der Waals surface area contributed by atoms with Gasteiger partial charge in [0.05, 0.1) is 0 Å². The smallest absolute Gasteiger partial charge is 0.256 e. The van der Waals surface area contributed by atoms with Gasteiger partial charge in [0.25, 0.3) is 5.91 Å². The summed E-state index contributed by atoms with van der Waals surface area (Å²) in [6, 6.07) is 11.6. The van der Waals surface area contributed by atoms with E-state index < -0.39 is 16.8 Å². The van der Waals surface area contributed by atoms with E-state index in [1.54, 1.807) is 16.7 Å². The molecule has 36 heavy (non-hydrogen) atoms. The number of fused-ring (bicyclic) bond motifs is 4. The van der Waals surface area contributed by atoms with Crippen molar-refractivity contribution in [2.45, 2.75) is 62.9 Å². The molecule has 3 amide bonds. The Bertz CT molecular complexity index is 1220. The molecule has 190 valence electrons. The minimum atomic E-state index is -0.726. The van der Waals surface area contributed by atoms with Gasteiger partial charge in [-0.15, -0.1) is 11.8 Å². The summed E-state index contributed by atoms with van der Waals surface area (Å²) in [4.78, 5) is 41.9. The minimum absolute atomic E-state index is 0.0925. The highest BCUT2D eigenvalue weighted by Crippen LogP contribution is 2.56. The highest BCUT2D eigenvalue weighted by Gasteiger charge is 2.57. The average molecular weight is 510 g/mol. The molecule has 8 nitrogen and oxygen atoms in total. The van der Waals surface area contributed by atoms with E-state index in [9.17, 15) is 14.4 Å². The van der Waals surface area contributed by atoms with Crippen molar-refractivity contribution in [1.29, 1.82) is 0 Å². The molecule has 2 aromatic carbocycles. The summed E-state index contributed by atoms with van der Waals surface area (Å²) in [6.07, 6.45) is 0.710. The van der Waals surface area contributed by atoms with Crippen molar-refractivity contribution in [3.63, 3.8) is 0 Å². The Kier molecular flexibility index (Phi) is 6.36. The first kappa shape index (κ1) is 24.5. The lowest BCUT2D eigenvalue weighted by Gasteiger charge is -2.32. The van der Waals surface area contributed by atoms with Gasteiger partial charge in [0.1, 0.15) is 17.5 Å². The Hall–Kier alpha value is -3.20. The maximum Gasteiger partial charge on any atom is 0.256 e. The lowest BCUT2D eigenvalue weighted by Crippen LogP contribution is -2.58. The van der Waals surface area contributed by atoms with E-state index in [0.717, 1.165) is 11.1 Å². The van der Waals surface area contributed by atoms with Gasteiger partial charge in [-0.2, -0.15) is 0 Å². The van der Waals surface area contributed by atoms with Crippen molar-refractivity contribution in [3.05, 3.63) is 59.2 Å². The fraction of sp³-hybridized carbons (Fsp3) is 0.444. The Labute approximate surface area is 215 Å². The summed E-state index contributed by atoms with van der Waals surface area (Å²) in [5.41, 5.74) is 2.46. The first-order chi connectivity index (χ1) is 17.2. The third-order valence-electron chi connectivity index (χ3n) is 7.24. The monoisotopic (exact) mass is 509 g/mol. The van der Waals surface area contributed by atoms with Crippen LogP contribution >= 0.6 is 11.8 Å². The second kappa shape index (κ2) is 9.35. The molecule has 0 unspecified atom stereocenters. The van der Waals surface area contributed by atoms with Crippen molar-refractivity contribution >= 4 is 29.5 Å². The van der Waals surface area contributed by atoms with Crippen molar-refractivity contribution < 1.29 is 23.9 Å². The van der Waals surface area contributed by atoms with Gasteiger partial charge >= 0.3 is 0 Å². The Morgan fingerprint density at radius 2 is 1.92 bits per heavy atom. The molecule has 3 aliphatic rings. The van der Waals surface area contributed by atoms with Gasteiger partial charge in [-0.3, -0.25) is 14.4 Å². The molecular formula is C27H31N3O5S. The number of ether oxygens (including phenoxy) is 2. The molecular weight excluding hydrogens is 478 g/mol. The number of carbonyl (C=O) groups is 3. The lowest BCUT2D eigenvalue weighted by molar-refractivity contribution is -0.133. The van der Waals surface area contributed by atoms with Gasteiger partial charge in [0, 0.05) is 16.9 Å². The van der Waals surface area contributed by atoms with Crippen LogP contribution in [0.25, 0.3) is 0 Å². The molecule has 2 aromatic rings. The van der Waals surface area contributed by atoms with E-state index >= 15 is 0 Å². The molecule has 5 rings (SSSR count). The van der Waals surface area contributed by atoms with Crippen LogP contribution in [0.15, 0.2) is 42.5 Å². The minimum Gasteiger partial charge on any atom is -0.454 e. The number of benzene rings is 2. The van der Waals surface area contributed by atoms with Crippen molar-refractivity contribution in [2.24, 2.45) is 5.92 Å². The quantitative estimate of drug-likeness (QED) is 0.592. The normalized spacial score (nSPS) is 22.6. The molecule has 1 fully saturated rings. The first-order valence-electron chi connectivity index (χ1n) is 12.3. The van der Waals surface area contributed by atoms with E-state index in [0.29, 0.717) is 30.0 Å². The third kappa shape index (κ3) is 4.19. The number of carbonyl (C=O) groups excluding carboxylic acids is 3. The van der Waals surface area contributed by atoms with Crippen LogP contribution in [0.5, 0.6) is 11.5 Å². The number of nitrogens with one attached hydrogen (secondary N) is 2. The topological polar surface area (TPSA) is 97.0 Å². The Morgan fingerprint density at radius 1 is 1.17 bits per heavy atom. The summed E-state index contributed by atoms with van der Waals surface area (Å²) in [7, 11) is 0. The summed E-state index contributed by atoms with van der Waals surface area (Å²) in [6.45, 7) is 8.38. The SMILES string of the molecule is CC[C@@H](C)[C@H](NC(=O)[C@H]1N2C(=O)c3ccccc3[C@@H]2SC1(C)C)C(=O)NCc1ccc2c(c1)OCO2. The number of thioether (sulfide) groups is 1. The molecule has 0 radical (unpaired) electrons. The van der Waals surface area contributed by atoms with Crippen LogP contribution in [0, 0.1) is 5.92 Å². The van der Waals surface area contributed by atoms with Gasteiger partial charge < -0.3 is 25.0 Å². The lowest BCUT2D eigenvalue weighted by atomic mass is 9.95. The molecule has 1 saturated heterocycles. The van der Waals surface area contributed by atoms with Crippen LogP contribution in [-0.4, -0.2) is 46.2 Å². The molecule has 0 saturated carbocycles. The van der Waals surface area contributed by atoms with Crippen molar-refractivity contribution in [1.82, 2.24) is 15.5 Å². The van der Waals surface area contributed by atoms with E-state index in [1.165, 1.54) is 0 Å². The summed E-state index contributed by atoms with van der Waals surface area (Å²) in [5.74, 6) is 0.543. The van der Waals surface area contributed by atoms with Crippen LogP contribution < -0.4 is 20.1 Å². The zero-order chi connectivity index (χ0) is 25.6. The molecule has 3 aliphatic heterocycles. The molecule has 2 N–H and O–H groups in total. The standard InChI is InChI=1S/C27H31N3O5S/c1-5-15(2)21(23(31)28-13-16-10-11-19-20(12-16)35-14-34-19)29-24(32)22-27(3,4)36-26-18-9-7-6-8-17(18)25(33)30(22)26/h6-12,15,21-22,26H,5,13-14H2,1-4H3,(H,28,31)(H,29,32)/t15-,21+,22-,26+/m1/s1. The van der Waals surface area contributed by atoms with Crippen LogP contribution in [0.2, 0.25) is 0 Å². The predicted octanol–water partition coefficient (Wildman–Crippen LogP) is 3.61. The third-order valence-corrected chi connectivity index (χ3v) is 8.78. The van der Waals surface area contributed by atoms with Crippen LogP contribution in [0.4, 0.5) is 0 Å².